The van der Waals surface area contributed by atoms with Crippen LogP contribution in [-0.2, 0) is 25.5 Å². The molecule has 1 aromatic carbocycles. The summed E-state index contributed by atoms with van der Waals surface area (Å²) in [5, 5.41) is 8.95. The van der Waals surface area contributed by atoms with Crippen molar-refractivity contribution in [3.05, 3.63) is 34.9 Å². The van der Waals surface area contributed by atoms with Crippen LogP contribution in [0.1, 0.15) is 41.8 Å². The third-order valence-corrected chi connectivity index (χ3v) is 4.00. The number of fused-ring (bicyclic) bond motifs is 1. The van der Waals surface area contributed by atoms with Crippen LogP contribution in [-0.4, -0.2) is 30.9 Å². The van der Waals surface area contributed by atoms with Crippen LogP contribution in [0.4, 0.5) is 0 Å². The molecule has 0 aromatic heterocycles. The predicted molar refractivity (Wildman–Crippen MR) is 84.1 cm³/mol. The molecule has 24 heavy (non-hydrogen) atoms. The highest BCUT2D eigenvalue weighted by molar-refractivity contribution is 6.03. The SMILES string of the molecule is CCOC(=O)C(CC1Cc2cc(C#N)ccc2C1=O)C(=O)OCC. The molecule has 0 fully saturated rings. The lowest BCUT2D eigenvalue weighted by molar-refractivity contribution is -0.162. The van der Waals surface area contributed by atoms with E-state index in [0.717, 1.165) is 5.56 Å². The zero-order valence-electron chi connectivity index (χ0n) is 13.7. The van der Waals surface area contributed by atoms with Gasteiger partial charge in [0.1, 0.15) is 0 Å². The molecule has 6 nitrogen and oxygen atoms in total. The summed E-state index contributed by atoms with van der Waals surface area (Å²) in [7, 11) is 0. The molecule has 0 spiro atoms. The molecular formula is C18H19NO5. The van der Waals surface area contributed by atoms with E-state index in [4.69, 9.17) is 14.7 Å². The number of hydrogen-bond acceptors (Lipinski definition) is 6. The zero-order valence-corrected chi connectivity index (χ0v) is 13.7. The fraction of sp³-hybridized carbons (Fsp3) is 0.444. The monoisotopic (exact) mass is 329 g/mol. The Morgan fingerprint density at radius 1 is 1.25 bits per heavy atom. The third-order valence-electron chi connectivity index (χ3n) is 4.00. The molecular weight excluding hydrogens is 310 g/mol. The van der Waals surface area contributed by atoms with E-state index in [1.165, 1.54) is 0 Å². The summed E-state index contributed by atoms with van der Waals surface area (Å²) in [4.78, 5) is 36.6. The summed E-state index contributed by atoms with van der Waals surface area (Å²) in [5.74, 6) is -3.06. The summed E-state index contributed by atoms with van der Waals surface area (Å²) < 4.78 is 9.87. The number of carbonyl (C=O) groups excluding carboxylic acids is 3. The minimum Gasteiger partial charge on any atom is -0.465 e. The zero-order chi connectivity index (χ0) is 17.7. The van der Waals surface area contributed by atoms with Crippen molar-refractivity contribution >= 4 is 17.7 Å². The van der Waals surface area contributed by atoms with Gasteiger partial charge in [-0.15, -0.1) is 0 Å². The van der Waals surface area contributed by atoms with Gasteiger partial charge in [-0.25, -0.2) is 0 Å². The number of nitrogens with zero attached hydrogens (tertiary/aromatic N) is 1. The van der Waals surface area contributed by atoms with Crippen LogP contribution in [0.5, 0.6) is 0 Å². The molecule has 0 radical (unpaired) electrons. The first-order chi connectivity index (χ1) is 11.5. The molecule has 126 valence electrons. The van der Waals surface area contributed by atoms with Crippen molar-refractivity contribution in [3.63, 3.8) is 0 Å². The van der Waals surface area contributed by atoms with E-state index in [2.05, 4.69) is 0 Å². The van der Waals surface area contributed by atoms with E-state index < -0.39 is 23.8 Å². The molecule has 1 atom stereocenters. The van der Waals surface area contributed by atoms with Gasteiger partial charge in [-0.1, -0.05) is 0 Å². The lowest BCUT2D eigenvalue weighted by Gasteiger charge is -2.17. The first kappa shape index (κ1) is 17.7. The Morgan fingerprint density at radius 2 is 1.88 bits per heavy atom. The van der Waals surface area contributed by atoms with Crippen LogP contribution >= 0.6 is 0 Å². The Hall–Kier alpha value is -2.68. The van der Waals surface area contributed by atoms with Crippen LogP contribution in [0.2, 0.25) is 0 Å². The van der Waals surface area contributed by atoms with E-state index in [-0.39, 0.29) is 25.4 Å². The van der Waals surface area contributed by atoms with Crippen LogP contribution in [0.3, 0.4) is 0 Å². The van der Waals surface area contributed by atoms with Gasteiger partial charge in [0, 0.05) is 11.5 Å². The standard InChI is InChI=1S/C18H19NO5/c1-3-23-17(21)15(18(22)24-4-2)9-13-8-12-7-11(10-19)5-6-14(12)16(13)20/h5-7,13,15H,3-4,8-9H2,1-2H3. The highest BCUT2D eigenvalue weighted by atomic mass is 16.6. The molecule has 2 rings (SSSR count). The van der Waals surface area contributed by atoms with Crippen molar-refractivity contribution in [1.82, 2.24) is 0 Å². The Labute approximate surface area is 140 Å². The van der Waals surface area contributed by atoms with Gasteiger partial charge in [0.15, 0.2) is 11.7 Å². The van der Waals surface area contributed by atoms with Gasteiger partial charge in [-0.2, -0.15) is 5.26 Å². The van der Waals surface area contributed by atoms with Crippen molar-refractivity contribution < 1.29 is 23.9 Å². The van der Waals surface area contributed by atoms with Gasteiger partial charge in [0.25, 0.3) is 0 Å². The lowest BCUT2D eigenvalue weighted by atomic mass is 9.91. The molecule has 0 N–H and O–H groups in total. The Balaban J connectivity index is 2.18. The average molecular weight is 329 g/mol. The highest BCUT2D eigenvalue weighted by Crippen LogP contribution is 2.32. The predicted octanol–water partition coefficient (Wildman–Crippen LogP) is 2.05. The molecule has 6 heteroatoms. The number of carbonyl (C=O) groups is 3. The summed E-state index contributed by atoms with van der Waals surface area (Å²) >= 11 is 0. The molecule has 0 amide bonds. The first-order valence-electron chi connectivity index (χ1n) is 7.92. The first-order valence-corrected chi connectivity index (χ1v) is 7.92. The Bertz CT molecular complexity index is 686. The lowest BCUT2D eigenvalue weighted by Crippen LogP contribution is -2.31. The van der Waals surface area contributed by atoms with Gasteiger partial charge in [-0.3, -0.25) is 14.4 Å². The van der Waals surface area contributed by atoms with Crippen LogP contribution < -0.4 is 0 Å². The summed E-state index contributed by atoms with van der Waals surface area (Å²) in [6, 6.07) is 6.93. The van der Waals surface area contributed by atoms with Crippen LogP contribution in [0.15, 0.2) is 18.2 Å². The van der Waals surface area contributed by atoms with E-state index >= 15 is 0 Å². The maximum absolute atomic E-state index is 12.5. The Kier molecular flexibility index (Phi) is 5.69. The molecule has 0 saturated carbocycles. The fourth-order valence-electron chi connectivity index (χ4n) is 2.90. The van der Waals surface area contributed by atoms with Gasteiger partial charge in [0.05, 0.1) is 24.8 Å². The molecule has 0 saturated heterocycles. The van der Waals surface area contributed by atoms with E-state index in [1.54, 1.807) is 32.0 Å². The summed E-state index contributed by atoms with van der Waals surface area (Å²) in [6.07, 6.45) is 0.450. The molecule has 1 aromatic rings. The molecule has 1 unspecified atom stereocenters. The quantitative estimate of drug-likeness (QED) is 0.586. The summed E-state index contributed by atoms with van der Waals surface area (Å²) in [6.45, 7) is 3.61. The Morgan fingerprint density at radius 3 is 2.42 bits per heavy atom. The smallest absolute Gasteiger partial charge is 0.320 e. The van der Waals surface area contributed by atoms with Crippen molar-refractivity contribution in [2.75, 3.05) is 13.2 Å². The normalized spacial score (nSPS) is 15.8. The van der Waals surface area contributed by atoms with Gasteiger partial charge in [-0.05, 0) is 50.5 Å². The second-order valence-electron chi connectivity index (χ2n) is 5.54. The average Bonchev–Trinajstić information content (AvgIpc) is 2.88. The molecule has 0 bridgehead atoms. The van der Waals surface area contributed by atoms with Crippen LogP contribution in [0.25, 0.3) is 0 Å². The number of nitriles is 1. The maximum atomic E-state index is 12.5. The van der Waals surface area contributed by atoms with Crippen LogP contribution in [0, 0.1) is 23.2 Å². The number of benzene rings is 1. The number of Topliss-reactive ketones (excluding diaryl/α,β-unsaturated/α-hetero) is 1. The number of ketones is 1. The van der Waals surface area contributed by atoms with E-state index in [0.29, 0.717) is 17.5 Å². The topological polar surface area (TPSA) is 93.5 Å². The second kappa shape index (κ2) is 7.73. The van der Waals surface area contributed by atoms with Crippen molar-refractivity contribution in [1.29, 1.82) is 5.26 Å². The minimum absolute atomic E-state index is 0.0487. The number of esters is 2. The largest absolute Gasteiger partial charge is 0.465 e. The maximum Gasteiger partial charge on any atom is 0.320 e. The highest BCUT2D eigenvalue weighted by Gasteiger charge is 2.38. The van der Waals surface area contributed by atoms with E-state index in [1.807, 2.05) is 6.07 Å². The van der Waals surface area contributed by atoms with Gasteiger partial charge in [0.2, 0.25) is 0 Å². The van der Waals surface area contributed by atoms with Crippen molar-refractivity contribution in [3.8, 4) is 6.07 Å². The summed E-state index contributed by atoms with van der Waals surface area (Å²) in [5.41, 5.74) is 1.80. The third kappa shape index (κ3) is 3.62. The fourth-order valence-corrected chi connectivity index (χ4v) is 2.90. The van der Waals surface area contributed by atoms with Crippen molar-refractivity contribution in [2.24, 2.45) is 11.8 Å². The molecule has 1 aliphatic rings. The van der Waals surface area contributed by atoms with Crippen molar-refractivity contribution in [2.45, 2.75) is 26.7 Å². The minimum atomic E-state index is -1.11. The number of ether oxygens (including phenoxy) is 2. The number of hydrogen-bond donors (Lipinski definition) is 0. The van der Waals surface area contributed by atoms with Gasteiger partial charge >= 0.3 is 11.9 Å². The van der Waals surface area contributed by atoms with Gasteiger partial charge < -0.3 is 9.47 Å². The number of rotatable bonds is 6. The molecule has 1 aliphatic carbocycles. The van der Waals surface area contributed by atoms with E-state index in [9.17, 15) is 14.4 Å². The molecule has 0 heterocycles. The second-order valence-corrected chi connectivity index (χ2v) is 5.54. The molecule has 0 aliphatic heterocycles.